The van der Waals surface area contributed by atoms with Gasteiger partial charge in [0, 0.05) is 6.54 Å². The van der Waals surface area contributed by atoms with Crippen LogP contribution in [0.4, 0.5) is 0 Å². The van der Waals surface area contributed by atoms with Gasteiger partial charge in [-0.15, -0.1) is 0 Å². The Kier molecular flexibility index (Phi) is 7.80. The fourth-order valence-corrected chi connectivity index (χ4v) is 3.10. The molecular weight excluding hydrogens is 405 g/mol. The van der Waals surface area contributed by atoms with Gasteiger partial charge in [0.2, 0.25) is 5.91 Å². The van der Waals surface area contributed by atoms with Crippen LogP contribution in [-0.2, 0) is 14.3 Å². The van der Waals surface area contributed by atoms with Crippen molar-refractivity contribution in [3.8, 4) is 11.1 Å². The van der Waals surface area contributed by atoms with E-state index in [4.69, 9.17) is 28.9 Å². The molecule has 2 aromatic carbocycles. The van der Waals surface area contributed by atoms with E-state index in [1.165, 1.54) is 7.11 Å². The topological polar surface area (TPSA) is 111 Å². The van der Waals surface area contributed by atoms with Crippen LogP contribution in [0.5, 0.6) is 0 Å². The molecule has 0 aliphatic carbocycles. The minimum atomic E-state index is -1.13. The Labute approximate surface area is 172 Å². The lowest BCUT2D eigenvalue weighted by Crippen LogP contribution is -2.49. The third kappa shape index (κ3) is 5.45. The zero-order chi connectivity index (χ0) is 20.7. The number of ether oxygens (including phenoxy) is 1. The normalized spacial score (nSPS) is 11.4. The number of carbonyl (C=O) groups excluding carboxylic acids is 3. The molecule has 0 spiro atoms. The van der Waals surface area contributed by atoms with Gasteiger partial charge in [-0.3, -0.25) is 9.59 Å². The summed E-state index contributed by atoms with van der Waals surface area (Å²) in [6.07, 6.45) is 0. The summed E-state index contributed by atoms with van der Waals surface area (Å²) >= 11 is 12.6. The molecule has 0 radical (unpaired) electrons. The highest BCUT2D eigenvalue weighted by atomic mass is 35.5. The van der Waals surface area contributed by atoms with Gasteiger partial charge in [0.25, 0.3) is 5.91 Å². The van der Waals surface area contributed by atoms with Crippen molar-refractivity contribution in [2.24, 2.45) is 5.73 Å². The van der Waals surface area contributed by atoms with Crippen LogP contribution in [-0.4, -0.2) is 44.0 Å². The first-order valence-corrected chi connectivity index (χ1v) is 9.02. The van der Waals surface area contributed by atoms with Crippen molar-refractivity contribution in [2.75, 3.05) is 20.2 Å². The lowest BCUT2D eigenvalue weighted by molar-refractivity contribution is -0.142. The van der Waals surface area contributed by atoms with E-state index in [2.05, 4.69) is 15.4 Å². The Hall–Kier alpha value is -2.61. The second-order valence-electron chi connectivity index (χ2n) is 5.74. The second-order valence-corrected chi connectivity index (χ2v) is 6.55. The molecule has 2 rings (SSSR count). The molecule has 1 atom stereocenters. The van der Waals surface area contributed by atoms with Crippen molar-refractivity contribution in [1.29, 1.82) is 0 Å². The van der Waals surface area contributed by atoms with Crippen LogP contribution in [0.1, 0.15) is 10.4 Å². The molecule has 9 heteroatoms. The fourth-order valence-electron chi connectivity index (χ4n) is 2.44. The van der Waals surface area contributed by atoms with Crippen molar-refractivity contribution < 1.29 is 19.1 Å². The van der Waals surface area contributed by atoms with E-state index in [1.807, 2.05) is 30.3 Å². The number of hydrogen-bond acceptors (Lipinski definition) is 5. The Morgan fingerprint density at radius 2 is 1.68 bits per heavy atom. The monoisotopic (exact) mass is 423 g/mol. The highest BCUT2D eigenvalue weighted by Gasteiger charge is 2.25. The first kappa shape index (κ1) is 21.7. The largest absolute Gasteiger partial charge is 0.467 e. The first-order valence-electron chi connectivity index (χ1n) is 8.27. The molecule has 4 N–H and O–H groups in total. The van der Waals surface area contributed by atoms with E-state index in [0.29, 0.717) is 0 Å². The van der Waals surface area contributed by atoms with Crippen molar-refractivity contribution in [1.82, 2.24) is 10.6 Å². The number of rotatable bonds is 7. The Balaban J connectivity index is 2.24. The number of nitrogens with two attached hydrogens (primary N) is 1. The molecule has 0 aliphatic heterocycles. The predicted octanol–water partition coefficient (Wildman–Crippen LogP) is 2.01. The summed E-state index contributed by atoms with van der Waals surface area (Å²) in [4.78, 5) is 35.9. The second kappa shape index (κ2) is 10.1. The standard InChI is InChI=1S/C19H19Cl2N3O4/c1-28-19(27)15(10-23-16(25)9-22)24-18(26)17-13(20)7-12(8-14(17)21)11-5-3-2-4-6-11/h2-8,15H,9-10,22H2,1H3,(H,23,25)(H,24,26). The molecule has 0 heterocycles. The minimum Gasteiger partial charge on any atom is -0.467 e. The van der Waals surface area contributed by atoms with Crippen LogP contribution >= 0.6 is 23.2 Å². The molecule has 28 heavy (non-hydrogen) atoms. The van der Waals surface area contributed by atoms with Gasteiger partial charge in [0.1, 0.15) is 6.04 Å². The van der Waals surface area contributed by atoms with Crippen molar-refractivity contribution >= 4 is 41.0 Å². The summed E-state index contributed by atoms with van der Waals surface area (Å²) in [5.41, 5.74) is 6.85. The first-order chi connectivity index (χ1) is 13.4. The number of benzene rings is 2. The molecule has 0 aromatic heterocycles. The average Bonchev–Trinajstić information content (AvgIpc) is 2.70. The maximum atomic E-state index is 12.7. The summed E-state index contributed by atoms with van der Waals surface area (Å²) in [6.45, 7) is -0.438. The van der Waals surface area contributed by atoms with Crippen LogP contribution in [0.25, 0.3) is 11.1 Å². The van der Waals surface area contributed by atoms with Gasteiger partial charge in [-0.05, 0) is 23.3 Å². The van der Waals surface area contributed by atoms with Crippen LogP contribution in [0.2, 0.25) is 10.0 Å². The van der Waals surface area contributed by atoms with Crippen molar-refractivity contribution in [3.05, 3.63) is 58.1 Å². The molecule has 7 nitrogen and oxygen atoms in total. The van der Waals surface area contributed by atoms with E-state index in [0.717, 1.165) is 11.1 Å². The van der Waals surface area contributed by atoms with Gasteiger partial charge >= 0.3 is 5.97 Å². The highest BCUT2D eigenvalue weighted by Crippen LogP contribution is 2.31. The molecule has 1 unspecified atom stereocenters. The van der Waals surface area contributed by atoms with E-state index in [1.54, 1.807) is 12.1 Å². The number of hydrogen-bond donors (Lipinski definition) is 3. The zero-order valence-corrected chi connectivity index (χ0v) is 16.5. The van der Waals surface area contributed by atoms with Gasteiger partial charge in [0.15, 0.2) is 0 Å². The minimum absolute atomic E-state index is 0.0158. The van der Waals surface area contributed by atoms with E-state index >= 15 is 0 Å². The summed E-state index contributed by atoms with van der Waals surface area (Å²) in [6, 6.07) is 11.5. The van der Waals surface area contributed by atoms with Crippen molar-refractivity contribution in [2.45, 2.75) is 6.04 Å². The summed E-state index contributed by atoms with van der Waals surface area (Å²) in [7, 11) is 1.17. The third-order valence-electron chi connectivity index (χ3n) is 3.86. The van der Waals surface area contributed by atoms with Crippen LogP contribution in [0.3, 0.4) is 0 Å². The van der Waals surface area contributed by atoms with Gasteiger partial charge < -0.3 is 21.1 Å². The van der Waals surface area contributed by atoms with Crippen LogP contribution < -0.4 is 16.4 Å². The zero-order valence-electron chi connectivity index (χ0n) is 15.0. The lowest BCUT2D eigenvalue weighted by Gasteiger charge is -2.18. The third-order valence-corrected chi connectivity index (χ3v) is 4.45. The SMILES string of the molecule is COC(=O)C(CNC(=O)CN)NC(=O)c1c(Cl)cc(-c2ccccc2)cc1Cl. The van der Waals surface area contributed by atoms with Crippen LogP contribution in [0, 0.1) is 0 Å². The van der Waals surface area contributed by atoms with Gasteiger partial charge in [0.05, 0.1) is 29.3 Å². The summed E-state index contributed by atoms with van der Waals surface area (Å²) in [5.74, 6) is -1.89. The van der Waals surface area contributed by atoms with E-state index in [-0.39, 0.29) is 28.7 Å². The average molecular weight is 424 g/mol. The molecule has 0 saturated carbocycles. The molecule has 0 fully saturated rings. The van der Waals surface area contributed by atoms with E-state index in [9.17, 15) is 14.4 Å². The number of carbonyl (C=O) groups is 3. The van der Waals surface area contributed by atoms with Crippen LogP contribution in [0.15, 0.2) is 42.5 Å². The molecular formula is C19H19Cl2N3O4. The number of methoxy groups -OCH3 is 1. The quantitative estimate of drug-likeness (QED) is 0.589. The molecule has 2 aromatic rings. The van der Waals surface area contributed by atoms with Gasteiger partial charge in [-0.2, -0.15) is 0 Å². The number of halogens is 2. The summed E-state index contributed by atoms with van der Waals surface area (Å²) < 4.78 is 4.65. The Morgan fingerprint density at radius 3 is 2.21 bits per heavy atom. The predicted molar refractivity (Wildman–Crippen MR) is 107 cm³/mol. The maximum Gasteiger partial charge on any atom is 0.330 e. The summed E-state index contributed by atoms with van der Waals surface area (Å²) in [5, 5.41) is 5.13. The lowest BCUT2D eigenvalue weighted by atomic mass is 10.0. The highest BCUT2D eigenvalue weighted by molar-refractivity contribution is 6.40. The number of nitrogens with one attached hydrogen (secondary N) is 2. The van der Waals surface area contributed by atoms with Gasteiger partial charge in [-0.1, -0.05) is 53.5 Å². The number of amides is 2. The fraction of sp³-hybridized carbons (Fsp3) is 0.211. The smallest absolute Gasteiger partial charge is 0.330 e. The van der Waals surface area contributed by atoms with Gasteiger partial charge in [-0.25, -0.2) is 4.79 Å². The molecule has 0 aliphatic rings. The maximum absolute atomic E-state index is 12.7. The molecule has 0 bridgehead atoms. The Morgan fingerprint density at radius 1 is 1.07 bits per heavy atom. The molecule has 0 saturated heterocycles. The van der Waals surface area contributed by atoms with E-state index < -0.39 is 23.8 Å². The Bertz CT molecular complexity index is 852. The molecule has 2 amide bonds. The number of esters is 1. The van der Waals surface area contributed by atoms with Crippen molar-refractivity contribution in [3.63, 3.8) is 0 Å². The molecule has 148 valence electrons.